The number of thiophene rings is 1. The molecular formula is C17H10OS2. The summed E-state index contributed by atoms with van der Waals surface area (Å²) in [7, 11) is 0. The average Bonchev–Trinajstić information content (AvgIpc) is 2.83. The van der Waals surface area contributed by atoms with Gasteiger partial charge in [0, 0.05) is 26.1 Å². The first-order chi connectivity index (χ1) is 9.83. The Balaban J connectivity index is 1.91. The largest absolute Gasteiger partial charge is 0.289 e. The molecule has 20 heavy (non-hydrogen) atoms. The van der Waals surface area contributed by atoms with Gasteiger partial charge in [-0.3, -0.25) is 4.79 Å². The topological polar surface area (TPSA) is 17.1 Å². The van der Waals surface area contributed by atoms with Crippen LogP contribution in [0.1, 0.15) is 15.9 Å². The van der Waals surface area contributed by atoms with Gasteiger partial charge in [-0.15, -0.1) is 11.3 Å². The van der Waals surface area contributed by atoms with Crippen molar-refractivity contribution in [3.8, 4) is 0 Å². The summed E-state index contributed by atoms with van der Waals surface area (Å²) in [5, 5.41) is 1.11. The van der Waals surface area contributed by atoms with Crippen LogP contribution in [0.25, 0.3) is 16.2 Å². The summed E-state index contributed by atoms with van der Waals surface area (Å²) in [6.45, 7) is 0. The van der Waals surface area contributed by atoms with Crippen LogP contribution in [0.2, 0.25) is 0 Å². The first-order valence-electron chi connectivity index (χ1n) is 6.34. The van der Waals surface area contributed by atoms with Crippen molar-refractivity contribution in [1.29, 1.82) is 0 Å². The maximum Gasteiger partial charge on any atom is 0.186 e. The normalized spacial score (nSPS) is 13.1. The quantitative estimate of drug-likeness (QED) is 0.641. The minimum Gasteiger partial charge on any atom is -0.289 e. The van der Waals surface area contributed by atoms with Gasteiger partial charge in [-0.25, -0.2) is 0 Å². The number of allylic oxidation sites excluding steroid dienone is 1. The van der Waals surface area contributed by atoms with Gasteiger partial charge in [0.15, 0.2) is 5.78 Å². The van der Waals surface area contributed by atoms with E-state index < -0.39 is 0 Å². The zero-order valence-electron chi connectivity index (χ0n) is 10.5. The Bertz CT molecular complexity index is 844. The Labute approximate surface area is 124 Å². The number of rotatable bonds is 2. The van der Waals surface area contributed by atoms with E-state index in [4.69, 9.17) is 0 Å². The van der Waals surface area contributed by atoms with E-state index in [2.05, 4.69) is 18.2 Å². The van der Waals surface area contributed by atoms with Crippen LogP contribution in [-0.4, -0.2) is 5.78 Å². The number of carbonyl (C=O) groups excluding carboxylic acids is 1. The van der Waals surface area contributed by atoms with Gasteiger partial charge in [0.2, 0.25) is 0 Å². The van der Waals surface area contributed by atoms with Crippen LogP contribution in [0.5, 0.6) is 0 Å². The van der Waals surface area contributed by atoms with E-state index in [0.717, 1.165) is 10.9 Å². The highest BCUT2D eigenvalue weighted by molar-refractivity contribution is 8.01. The summed E-state index contributed by atoms with van der Waals surface area (Å²) < 4.78 is 2.44. The van der Waals surface area contributed by atoms with Crippen LogP contribution in [-0.2, 0) is 0 Å². The summed E-state index contributed by atoms with van der Waals surface area (Å²) in [4.78, 5) is 13.2. The Hall–Kier alpha value is -1.84. The molecule has 0 radical (unpaired) electrons. The maximum absolute atomic E-state index is 12.0. The van der Waals surface area contributed by atoms with Gasteiger partial charge >= 0.3 is 0 Å². The maximum atomic E-state index is 12.0. The molecule has 0 bridgehead atoms. The Kier molecular flexibility index (Phi) is 2.76. The molecule has 0 aliphatic heterocycles. The van der Waals surface area contributed by atoms with Gasteiger partial charge in [-0.2, -0.15) is 0 Å². The van der Waals surface area contributed by atoms with Crippen LogP contribution in [0.3, 0.4) is 0 Å². The molecule has 0 amide bonds. The highest BCUT2D eigenvalue weighted by atomic mass is 32.2. The van der Waals surface area contributed by atoms with E-state index in [-0.39, 0.29) is 5.78 Å². The second-order valence-corrected chi connectivity index (χ2v) is 6.99. The molecule has 96 valence electrons. The van der Waals surface area contributed by atoms with Crippen LogP contribution in [0.4, 0.5) is 0 Å². The van der Waals surface area contributed by atoms with Crippen molar-refractivity contribution in [1.82, 2.24) is 0 Å². The van der Waals surface area contributed by atoms with E-state index >= 15 is 0 Å². The van der Waals surface area contributed by atoms with E-state index in [1.165, 1.54) is 19.4 Å². The standard InChI is InChI=1S/C17H10OS2/c18-14-10-9-13-16-12(14)7-4-8-15(16)20-17(13)19-11-5-2-1-3-6-11/h1-10H. The fourth-order valence-corrected chi connectivity index (χ4v) is 4.89. The zero-order valence-corrected chi connectivity index (χ0v) is 12.1. The van der Waals surface area contributed by atoms with Gasteiger partial charge in [-0.05, 0) is 30.4 Å². The summed E-state index contributed by atoms with van der Waals surface area (Å²) in [6.07, 6.45) is 3.64. The van der Waals surface area contributed by atoms with Crippen molar-refractivity contribution in [3.05, 3.63) is 65.7 Å². The number of carbonyl (C=O) groups is 1. The smallest absolute Gasteiger partial charge is 0.186 e. The predicted molar refractivity (Wildman–Crippen MR) is 85.8 cm³/mol. The van der Waals surface area contributed by atoms with Crippen molar-refractivity contribution < 1.29 is 4.79 Å². The molecule has 1 aromatic heterocycles. The number of hydrogen-bond acceptors (Lipinski definition) is 3. The molecule has 0 spiro atoms. The summed E-state index contributed by atoms with van der Waals surface area (Å²) in [5.41, 5.74) is 2.02. The SMILES string of the molecule is O=C1C=Cc2c(Sc3ccccc3)sc3cccc1c23. The van der Waals surface area contributed by atoms with Crippen molar-refractivity contribution >= 4 is 45.0 Å². The van der Waals surface area contributed by atoms with Crippen LogP contribution in [0.15, 0.2) is 63.7 Å². The van der Waals surface area contributed by atoms with Crippen LogP contribution >= 0.6 is 23.1 Å². The molecule has 0 unspecified atom stereocenters. The highest BCUT2D eigenvalue weighted by Gasteiger charge is 2.20. The molecule has 1 nitrogen and oxygen atoms in total. The molecule has 1 aliphatic rings. The minimum atomic E-state index is 0.108. The molecule has 3 aromatic rings. The molecule has 2 aromatic carbocycles. The van der Waals surface area contributed by atoms with Crippen molar-refractivity contribution in [2.24, 2.45) is 0 Å². The molecule has 0 N–H and O–H groups in total. The number of ketones is 1. The Morgan fingerprint density at radius 3 is 2.60 bits per heavy atom. The third-order valence-corrected chi connectivity index (χ3v) is 5.72. The fraction of sp³-hybridized carbons (Fsp3) is 0. The molecule has 0 saturated carbocycles. The summed E-state index contributed by atoms with van der Waals surface area (Å²) >= 11 is 3.52. The minimum absolute atomic E-state index is 0.108. The molecule has 1 heterocycles. The average molecular weight is 294 g/mol. The lowest BCUT2D eigenvalue weighted by Crippen LogP contribution is -1.99. The van der Waals surface area contributed by atoms with Crippen molar-refractivity contribution in [2.75, 3.05) is 0 Å². The lowest BCUT2D eigenvalue weighted by atomic mass is 9.98. The molecule has 0 atom stereocenters. The van der Waals surface area contributed by atoms with Gasteiger partial charge in [-0.1, -0.05) is 42.1 Å². The second kappa shape index (κ2) is 4.62. The molecule has 0 fully saturated rings. The van der Waals surface area contributed by atoms with Crippen LogP contribution in [0, 0.1) is 0 Å². The van der Waals surface area contributed by atoms with E-state index in [9.17, 15) is 4.79 Å². The van der Waals surface area contributed by atoms with Gasteiger partial charge in [0.05, 0.1) is 4.21 Å². The molecule has 0 saturated heterocycles. The Morgan fingerprint density at radius 2 is 1.75 bits per heavy atom. The third-order valence-electron chi connectivity index (χ3n) is 3.34. The molecule has 1 aliphatic carbocycles. The van der Waals surface area contributed by atoms with E-state index in [0.29, 0.717) is 0 Å². The third kappa shape index (κ3) is 1.82. The van der Waals surface area contributed by atoms with Gasteiger partial charge in [0.1, 0.15) is 0 Å². The van der Waals surface area contributed by atoms with Gasteiger partial charge < -0.3 is 0 Å². The first kappa shape index (κ1) is 11.9. The predicted octanol–water partition coefficient (Wildman–Crippen LogP) is 5.26. The lowest BCUT2D eigenvalue weighted by Gasteiger charge is -2.07. The molecular weight excluding hydrogens is 284 g/mol. The molecule has 3 heteroatoms. The Morgan fingerprint density at radius 1 is 0.900 bits per heavy atom. The zero-order chi connectivity index (χ0) is 13.5. The van der Waals surface area contributed by atoms with Crippen molar-refractivity contribution in [3.63, 3.8) is 0 Å². The van der Waals surface area contributed by atoms with E-state index in [1.54, 1.807) is 29.2 Å². The monoisotopic (exact) mass is 294 g/mol. The second-order valence-electron chi connectivity index (χ2n) is 4.59. The van der Waals surface area contributed by atoms with Crippen molar-refractivity contribution in [2.45, 2.75) is 9.10 Å². The van der Waals surface area contributed by atoms with Gasteiger partial charge in [0.25, 0.3) is 0 Å². The fourth-order valence-electron chi connectivity index (χ4n) is 2.43. The summed E-state index contributed by atoms with van der Waals surface area (Å²) in [5.74, 6) is 0.108. The number of hydrogen-bond donors (Lipinski definition) is 0. The summed E-state index contributed by atoms with van der Waals surface area (Å²) in [6, 6.07) is 16.3. The highest BCUT2D eigenvalue weighted by Crippen LogP contribution is 2.44. The first-order valence-corrected chi connectivity index (χ1v) is 7.97. The number of benzene rings is 2. The molecule has 4 rings (SSSR count). The van der Waals surface area contributed by atoms with E-state index in [1.807, 2.05) is 36.4 Å². The van der Waals surface area contributed by atoms with Crippen LogP contribution < -0.4 is 0 Å². The lowest BCUT2D eigenvalue weighted by molar-refractivity contribution is 0.104.